The van der Waals surface area contributed by atoms with Gasteiger partial charge in [-0.2, -0.15) is 0 Å². The molecule has 13 heavy (non-hydrogen) atoms. The van der Waals surface area contributed by atoms with Crippen molar-refractivity contribution in [2.75, 3.05) is 18.5 Å². The van der Waals surface area contributed by atoms with Crippen LogP contribution in [0.3, 0.4) is 0 Å². The van der Waals surface area contributed by atoms with Gasteiger partial charge in [-0.25, -0.2) is 0 Å². The lowest BCUT2D eigenvalue weighted by Crippen LogP contribution is -2.00. The summed E-state index contributed by atoms with van der Waals surface area (Å²) < 4.78 is 0. The summed E-state index contributed by atoms with van der Waals surface area (Å²) in [7, 11) is 0. The van der Waals surface area contributed by atoms with Crippen LogP contribution in [0.2, 0.25) is 0 Å². The average molecular weight is 196 g/mol. The summed E-state index contributed by atoms with van der Waals surface area (Å²) in [6, 6.07) is 6.19. The first-order chi connectivity index (χ1) is 6.27. The van der Waals surface area contributed by atoms with Gasteiger partial charge in [0.2, 0.25) is 0 Å². The van der Waals surface area contributed by atoms with Crippen molar-refractivity contribution in [3.05, 3.63) is 23.8 Å². The number of thioether (sulfide) groups is 1. The number of aryl methyl sites for hydroxylation is 1. The summed E-state index contributed by atoms with van der Waals surface area (Å²) in [5.74, 6) is 0. The fraction of sp³-hybridized carbons (Fsp3) is 0.400. The number of nitrogen functional groups attached to an aromatic ring is 1. The fourth-order valence-electron chi connectivity index (χ4n) is 1.22. The summed E-state index contributed by atoms with van der Waals surface area (Å²) in [6.07, 6.45) is 4.13. The second-order valence-corrected chi connectivity index (χ2v) is 3.82. The lowest BCUT2D eigenvalue weighted by atomic mass is 10.1. The van der Waals surface area contributed by atoms with E-state index in [9.17, 15) is 0 Å². The molecule has 3 heteroatoms. The van der Waals surface area contributed by atoms with Crippen LogP contribution in [0.15, 0.2) is 23.1 Å². The third kappa shape index (κ3) is 2.94. The zero-order valence-electron chi connectivity index (χ0n) is 7.92. The van der Waals surface area contributed by atoms with E-state index in [-0.39, 0.29) is 0 Å². The Hall–Kier alpha value is -0.670. The smallest absolute Gasteiger partial charge is 0.0452 e. The van der Waals surface area contributed by atoms with Gasteiger partial charge in [-0.3, -0.25) is 0 Å². The first-order valence-electron chi connectivity index (χ1n) is 4.40. The Morgan fingerprint density at radius 2 is 2.15 bits per heavy atom. The van der Waals surface area contributed by atoms with E-state index < -0.39 is 0 Å². The number of rotatable bonds is 4. The molecule has 0 unspecified atom stereocenters. The highest BCUT2D eigenvalue weighted by Crippen LogP contribution is 2.24. The molecule has 0 aromatic heterocycles. The molecular formula is C10H16N2S. The highest BCUT2D eigenvalue weighted by Gasteiger charge is 1.99. The van der Waals surface area contributed by atoms with E-state index in [0.29, 0.717) is 0 Å². The second kappa shape index (κ2) is 5.14. The van der Waals surface area contributed by atoms with Crippen LogP contribution in [0, 0.1) is 0 Å². The maximum Gasteiger partial charge on any atom is 0.0452 e. The van der Waals surface area contributed by atoms with Crippen LogP contribution in [0.4, 0.5) is 5.69 Å². The Kier molecular flexibility index (Phi) is 4.12. The molecule has 0 spiro atoms. The van der Waals surface area contributed by atoms with Gasteiger partial charge in [-0.1, -0.05) is 6.07 Å². The molecule has 0 heterocycles. The molecule has 1 aromatic carbocycles. The Morgan fingerprint density at radius 1 is 1.38 bits per heavy atom. The van der Waals surface area contributed by atoms with Gasteiger partial charge < -0.3 is 11.5 Å². The van der Waals surface area contributed by atoms with Crippen molar-refractivity contribution < 1.29 is 0 Å². The molecule has 72 valence electrons. The zero-order chi connectivity index (χ0) is 9.68. The van der Waals surface area contributed by atoms with Crippen LogP contribution >= 0.6 is 11.8 Å². The summed E-state index contributed by atoms with van der Waals surface area (Å²) in [5.41, 5.74) is 13.4. The number of benzene rings is 1. The van der Waals surface area contributed by atoms with E-state index in [1.165, 1.54) is 5.56 Å². The fourth-order valence-corrected chi connectivity index (χ4v) is 1.79. The summed E-state index contributed by atoms with van der Waals surface area (Å²) in [4.78, 5) is 1.16. The molecule has 0 aliphatic carbocycles. The van der Waals surface area contributed by atoms with Crippen molar-refractivity contribution >= 4 is 17.4 Å². The largest absolute Gasteiger partial charge is 0.398 e. The SMILES string of the molecule is CSc1cc(CCCN)ccc1N. The molecule has 0 saturated heterocycles. The minimum absolute atomic E-state index is 0.749. The van der Waals surface area contributed by atoms with Gasteiger partial charge >= 0.3 is 0 Å². The average Bonchev–Trinajstić information content (AvgIpc) is 2.16. The van der Waals surface area contributed by atoms with Crippen LogP contribution in [-0.4, -0.2) is 12.8 Å². The van der Waals surface area contributed by atoms with Crippen molar-refractivity contribution in [3.63, 3.8) is 0 Å². The van der Waals surface area contributed by atoms with Crippen LogP contribution in [0.1, 0.15) is 12.0 Å². The molecule has 0 saturated carbocycles. The van der Waals surface area contributed by atoms with Crippen LogP contribution in [0.5, 0.6) is 0 Å². The number of hydrogen-bond donors (Lipinski definition) is 2. The van der Waals surface area contributed by atoms with Crippen molar-refractivity contribution in [1.82, 2.24) is 0 Å². The monoisotopic (exact) mass is 196 g/mol. The molecule has 0 atom stereocenters. The highest BCUT2D eigenvalue weighted by molar-refractivity contribution is 7.98. The van der Waals surface area contributed by atoms with Crippen molar-refractivity contribution in [1.29, 1.82) is 0 Å². The van der Waals surface area contributed by atoms with E-state index in [2.05, 4.69) is 12.1 Å². The molecule has 0 bridgehead atoms. The number of anilines is 1. The van der Waals surface area contributed by atoms with E-state index in [0.717, 1.165) is 30.0 Å². The predicted octanol–water partition coefficient (Wildman–Crippen LogP) is 1.88. The minimum Gasteiger partial charge on any atom is -0.398 e. The van der Waals surface area contributed by atoms with Gasteiger partial charge in [-0.15, -0.1) is 11.8 Å². The number of nitrogens with two attached hydrogens (primary N) is 2. The molecule has 0 aliphatic heterocycles. The van der Waals surface area contributed by atoms with Crippen molar-refractivity contribution in [2.24, 2.45) is 5.73 Å². The lowest BCUT2D eigenvalue weighted by Gasteiger charge is -2.05. The topological polar surface area (TPSA) is 52.0 Å². The maximum atomic E-state index is 5.78. The zero-order valence-corrected chi connectivity index (χ0v) is 8.73. The normalized spacial score (nSPS) is 10.3. The van der Waals surface area contributed by atoms with E-state index in [4.69, 9.17) is 11.5 Å². The molecular weight excluding hydrogens is 180 g/mol. The molecule has 0 aliphatic rings. The van der Waals surface area contributed by atoms with Crippen molar-refractivity contribution in [3.8, 4) is 0 Å². The van der Waals surface area contributed by atoms with Crippen LogP contribution in [-0.2, 0) is 6.42 Å². The van der Waals surface area contributed by atoms with E-state index >= 15 is 0 Å². The second-order valence-electron chi connectivity index (χ2n) is 2.97. The van der Waals surface area contributed by atoms with Gasteiger partial charge in [-0.05, 0) is 43.3 Å². The Bertz CT molecular complexity index is 274. The van der Waals surface area contributed by atoms with E-state index in [1.54, 1.807) is 11.8 Å². The lowest BCUT2D eigenvalue weighted by molar-refractivity contribution is 0.831. The standard InChI is InChI=1S/C10H16N2S/c1-13-10-7-8(3-2-6-11)4-5-9(10)12/h4-5,7H,2-3,6,11-12H2,1H3. The maximum absolute atomic E-state index is 5.78. The molecule has 0 radical (unpaired) electrons. The van der Waals surface area contributed by atoms with Gasteiger partial charge in [0.1, 0.15) is 0 Å². The summed E-state index contributed by atoms with van der Waals surface area (Å²) in [6.45, 7) is 0.749. The molecule has 0 fully saturated rings. The molecule has 1 aromatic rings. The Morgan fingerprint density at radius 3 is 2.77 bits per heavy atom. The van der Waals surface area contributed by atoms with Gasteiger partial charge in [0.05, 0.1) is 0 Å². The van der Waals surface area contributed by atoms with Gasteiger partial charge in [0.25, 0.3) is 0 Å². The van der Waals surface area contributed by atoms with Gasteiger partial charge in [0, 0.05) is 10.6 Å². The third-order valence-corrected chi connectivity index (χ3v) is 2.76. The molecule has 4 N–H and O–H groups in total. The molecule has 2 nitrogen and oxygen atoms in total. The summed E-state index contributed by atoms with van der Waals surface area (Å²) >= 11 is 1.69. The minimum atomic E-state index is 0.749. The third-order valence-electron chi connectivity index (χ3n) is 1.97. The van der Waals surface area contributed by atoms with Gasteiger partial charge in [0.15, 0.2) is 0 Å². The molecule has 0 amide bonds. The summed E-state index contributed by atoms with van der Waals surface area (Å²) in [5, 5.41) is 0. The van der Waals surface area contributed by atoms with Crippen LogP contribution in [0.25, 0.3) is 0 Å². The molecule has 1 rings (SSSR count). The van der Waals surface area contributed by atoms with Crippen LogP contribution < -0.4 is 11.5 Å². The predicted molar refractivity (Wildman–Crippen MR) is 60.0 cm³/mol. The van der Waals surface area contributed by atoms with E-state index in [1.807, 2.05) is 12.3 Å². The quantitative estimate of drug-likeness (QED) is 0.571. The van der Waals surface area contributed by atoms with Crippen molar-refractivity contribution in [2.45, 2.75) is 17.7 Å². The highest BCUT2D eigenvalue weighted by atomic mass is 32.2. The Labute approximate surface area is 83.7 Å². The number of hydrogen-bond acceptors (Lipinski definition) is 3. The Balaban J connectivity index is 2.74. The first-order valence-corrected chi connectivity index (χ1v) is 5.63. The first kappa shape index (κ1) is 10.4.